The second kappa shape index (κ2) is 10.7. The van der Waals surface area contributed by atoms with Gasteiger partial charge in [-0.25, -0.2) is 0 Å². The zero-order chi connectivity index (χ0) is 20.8. The molecule has 0 saturated heterocycles. The molecule has 0 amide bonds. The predicted molar refractivity (Wildman–Crippen MR) is 131 cm³/mol. The van der Waals surface area contributed by atoms with Crippen LogP contribution in [0.4, 0.5) is 0 Å². The van der Waals surface area contributed by atoms with Gasteiger partial charge in [0, 0.05) is 29.4 Å². The Kier molecular flexibility index (Phi) is 8.31. The first-order valence-electron chi connectivity index (χ1n) is 10.6. The summed E-state index contributed by atoms with van der Waals surface area (Å²) >= 11 is 7.29. The van der Waals surface area contributed by atoms with Crippen molar-refractivity contribution in [3.05, 3.63) is 33.2 Å². The average molecular weight is 525 g/mol. The molecule has 158 valence electrons. The van der Waals surface area contributed by atoms with Crippen LogP contribution in [0.2, 0.25) is 0 Å². The number of fused-ring (bicyclic) bond motifs is 3. The molecule has 0 atom stereocenters. The molecule has 0 aliphatic rings. The quantitative estimate of drug-likeness (QED) is 0.235. The van der Waals surface area contributed by atoms with Crippen molar-refractivity contribution >= 4 is 53.7 Å². The molecule has 0 unspecified atom stereocenters. The molecule has 0 aliphatic heterocycles. The van der Waals surface area contributed by atoms with Crippen molar-refractivity contribution in [2.75, 3.05) is 14.2 Å². The van der Waals surface area contributed by atoms with Gasteiger partial charge in [-0.1, -0.05) is 51.9 Å². The molecule has 3 rings (SSSR count). The zero-order valence-electron chi connectivity index (χ0n) is 17.7. The minimum absolute atomic E-state index is 0.864. The molecule has 3 aromatic rings. The van der Waals surface area contributed by atoms with E-state index >= 15 is 0 Å². The number of rotatable bonds is 11. The summed E-state index contributed by atoms with van der Waals surface area (Å²) in [6.07, 6.45) is 10.6. The van der Waals surface area contributed by atoms with E-state index in [1.54, 1.807) is 14.2 Å². The first-order valence-corrected chi connectivity index (χ1v) is 12.2. The predicted octanol–water partition coefficient (Wildman–Crippen LogP) is 8.48. The van der Waals surface area contributed by atoms with Crippen molar-refractivity contribution in [2.24, 2.45) is 0 Å². The highest BCUT2D eigenvalue weighted by Gasteiger charge is 2.16. The fraction of sp³-hybridized carbons (Fsp3) is 0.500. The molecule has 0 bridgehead atoms. The molecule has 0 radical (unpaired) electrons. The highest BCUT2D eigenvalue weighted by Crippen LogP contribution is 2.40. The van der Waals surface area contributed by atoms with E-state index in [2.05, 4.69) is 67.6 Å². The average Bonchev–Trinajstić information content (AvgIpc) is 3.00. The van der Waals surface area contributed by atoms with Crippen LogP contribution in [0.5, 0.6) is 11.5 Å². The van der Waals surface area contributed by atoms with Crippen molar-refractivity contribution < 1.29 is 9.47 Å². The number of nitrogens with zero attached hydrogens (tertiary/aromatic N) is 1. The molecule has 1 aromatic heterocycles. The Balaban J connectivity index is 1.87. The number of aryl methyl sites for hydroxylation is 1. The number of halogens is 2. The summed E-state index contributed by atoms with van der Waals surface area (Å²) in [5.41, 5.74) is 2.42. The van der Waals surface area contributed by atoms with Crippen molar-refractivity contribution in [2.45, 2.75) is 64.8 Å². The third-order valence-corrected chi connectivity index (χ3v) is 6.89. The minimum Gasteiger partial charge on any atom is -0.495 e. The van der Waals surface area contributed by atoms with E-state index in [4.69, 9.17) is 9.47 Å². The largest absolute Gasteiger partial charge is 0.495 e. The van der Waals surface area contributed by atoms with Crippen LogP contribution < -0.4 is 9.47 Å². The van der Waals surface area contributed by atoms with E-state index in [9.17, 15) is 0 Å². The van der Waals surface area contributed by atoms with E-state index < -0.39 is 0 Å². The molecule has 0 saturated carbocycles. The fourth-order valence-electron chi connectivity index (χ4n) is 4.05. The van der Waals surface area contributed by atoms with Crippen LogP contribution in [0, 0.1) is 0 Å². The summed E-state index contributed by atoms with van der Waals surface area (Å²) in [6, 6.07) is 8.62. The number of aromatic nitrogens is 1. The number of unbranched alkanes of at least 4 members (excludes halogenated alkanes) is 7. The van der Waals surface area contributed by atoms with Gasteiger partial charge in [-0.05, 0) is 50.4 Å². The summed E-state index contributed by atoms with van der Waals surface area (Å²) in [5, 5.41) is 2.46. The topological polar surface area (TPSA) is 23.4 Å². The van der Waals surface area contributed by atoms with Gasteiger partial charge < -0.3 is 14.0 Å². The Morgan fingerprint density at radius 2 is 1.14 bits per heavy atom. The third-order valence-electron chi connectivity index (χ3n) is 5.65. The standard InChI is InChI=1S/C24H31Br2NO2/c1-4-5-6-7-8-9-10-11-12-27-21-15-23(28-2)19(25)13-17(21)18-14-20(26)24(29-3)16-22(18)27/h13-16H,4-12H2,1-3H3. The first kappa shape index (κ1) is 22.5. The molecule has 0 spiro atoms. The number of ether oxygens (including phenoxy) is 2. The molecule has 0 aliphatic carbocycles. The van der Waals surface area contributed by atoms with Crippen molar-refractivity contribution in [1.29, 1.82) is 0 Å². The zero-order valence-corrected chi connectivity index (χ0v) is 20.9. The lowest BCUT2D eigenvalue weighted by atomic mass is 10.1. The number of hydrogen-bond donors (Lipinski definition) is 0. The molecular weight excluding hydrogens is 494 g/mol. The van der Waals surface area contributed by atoms with Crippen LogP contribution >= 0.6 is 31.9 Å². The number of benzene rings is 2. The highest BCUT2D eigenvalue weighted by molar-refractivity contribution is 9.11. The molecule has 2 aromatic carbocycles. The van der Waals surface area contributed by atoms with Crippen LogP contribution in [0.25, 0.3) is 21.8 Å². The Morgan fingerprint density at radius 1 is 0.690 bits per heavy atom. The lowest BCUT2D eigenvalue weighted by molar-refractivity contribution is 0.412. The van der Waals surface area contributed by atoms with Crippen LogP contribution in [0.3, 0.4) is 0 Å². The monoisotopic (exact) mass is 523 g/mol. The third kappa shape index (κ3) is 5.11. The maximum Gasteiger partial charge on any atom is 0.135 e. The molecule has 0 fully saturated rings. The van der Waals surface area contributed by atoms with E-state index in [0.29, 0.717) is 0 Å². The molecule has 1 heterocycles. The van der Waals surface area contributed by atoms with E-state index in [0.717, 1.165) is 27.0 Å². The Morgan fingerprint density at radius 3 is 1.59 bits per heavy atom. The van der Waals surface area contributed by atoms with Crippen molar-refractivity contribution in [1.82, 2.24) is 4.57 Å². The summed E-state index contributed by atoms with van der Waals surface area (Å²) in [6.45, 7) is 3.28. The molecule has 29 heavy (non-hydrogen) atoms. The SMILES string of the molecule is CCCCCCCCCCn1c2cc(OC)c(Br)cc2c2cc(Br)c(OC)cc21. The van der Waals surface area contributed by atoms with Gasteiger partial charge >= 0.3 is 0 Å². The minimum atomic E-state index is 0.864. The van der Waals surface area contributed by atoms with Gasteiger partial charge in [0.25, 0.3) is 0 Å². The van der Waals surface area contributed by atoms with E-state index in [1.807, 2.05) is 0 Å². The highest BCUT2D eigenvalue weighted by atomic mass is 79.9. The van der Waals surface area contributed by atoms with Gasteiger partial charge in [-0.15, -0.1) is 0 Å². The Labute approximate surface area is 191 Å². The first-order chi connectivity index (χ1) is 14.1. The van der Waals surface area contributed by atoms with Gasteiger partial charge in [0.05, 0.1) is 34.2 Å². The molecule has 0 N–H and O–H groups in total. The smallest absolute Gasteiger partial charge is 0.135 e. The molecular formula is C24H31Br2NO2. The maximum atomic E-state index is 5.57. The fourth-order valence-corrected chi connectivity index (χ4v) is 5.06. The van der Waals surface area contributed by atoms with Crippen LogP contribution in [-0.2, 0) is 6.54 Å². The van der Waals surface area contributed by atoms with Crippen molar-refractivity contribution in [3.8, 4) is 11.5 Å². The Bertz CT molecular complexity index is 898. The van der Waals surface area contributed by atoms with Crippen molar-refractivity contribution in [3.63, 3.8) is 0 Å². The second-order valence-corrected chi connectivity index (χ2v) is 9.34. The molecule has 5 heteroatoms. The summed E-state index contributed by atoms with van der Waals surface area (Å²) < 4.78 is 15.5. The molecule has 3 nitrogen and oxygen atoms in total. The number of methoxy groups -OCH3 is 2. The lowest BCUT2D eigenvalue weighted by Crippen LogP contribution is -1.99. The van der Waals surface area contributed by atoms with Gasteiger partial charge in [-0.2, -0.15) is 0 Å². The van der Waals surface area contributed by atoms with Gasteiger partial charge in [-0.3, -0.25) is 0 Å². The number of hydrogen-bond acceptors (Lipinski definition) is 2. The normalized spacial score (nSPS) is 11.5. The van der Waals surface area contributed by atoms with E-state index in [-0.39, 0.29) is 0 Å². The summed E-state index contributed by atoms with van der Waals surface area (Å²) in [7, 11) is 3.44. The lowest BCUT2D eigenvalue weighted by Gasteiger charge is -2.10. The Hall–Kier alpha value is -1.20. The van der Waals surface area contributed by atoms with Gasteiger partial charge in [0.15, 0.2) is 0 Å². The van der Waals surface area contributed by atoms with Crippen LogP contribution in [0.15, 0.2) is 33.2 Å². The van der Waals surface area contributed by atoms with Gasteiger partial charge in [0.1, 0.15) is 11.5 Å². The summed E-state index contributed by atoms with van der Waals surface area (Å²) in [5.74, 6) is 1.73. The second-order valence-electron chi connectivity index (χ2n) is 7.63. The van der Waals surface area contributed by atoms with E-state index in [1.165, 1.54) is 73.2 Å². The maximum absolute atomic E-state index is 5.57. The summed E-state index contributed by atoms with van der Waals surface area (Å²) in [4.78, 5) is 0. The van der Waals surface area contributed by atoms with Gasteiger partial charge in [0.2, 0.25) is 0 Å². The van der Waals surface area contributed by atoms with Crippen LogP contribution in [0.1, 0.15) is 58.3 Å². The van der Waals surface area contributed by atoms with Crippen LogP contribution in [-0.4, -0.2) is 18.8 Å².